The van der Waals surface area contributed by atoms with Crippen LogP contribution < -0.4 is 124 Å². The molecule has 1 amide bonds. The van der Waals surface area contributed by atoms with Crippen LogP contribution in [-0.4, -0.2) is 29.9 Å². The van der Waals surface area contributed by atoms with Gasteiger partial charge in [-0.2, -0.15) is 0 Å². The second-order valence-electron chi connectivity index (χ2n) is 4.25. The summed E-state index contributed by atoms with van der Waals surface area (Å²) in [7, 11) is 0. The third kappa shape index (κ3) is 9.88. The molecule has 1 aromatic rings. The number of rotatable bonds is 7. The average molecular weight is 356 g/mol. The number of hydrogen-bond donors (Lipinski definition) is 2. The Morgan fingerprint density at radius 1 is 1.09 bits per heavy atom. The van der Waals surface area contributed by atoms with E-state index in [1.165, 1.54) is 0 Å². The van der Waals surface area contributed by atoms with Gasteiger partial charge >= 0.3 is 103 Å². The molecule has 1 rings (SSSR count). The van der Waals surface area contributed by atoms with Crippen LogP contribution in [0, 0.1) is 0 Å². The fourth-order valence-electron chi connectivity index (χ4n) is 1.59. The molecule has 0 aliphatic rings. The van der Waals surface area contributed by atoms with Crippen molar-refractivity contribution in [2.45, 2.75) is 24.9 Å². The Balaban J connectivity index is 0. The molecule has 0 aliphatic carbocycles. The van der Waals surface area contributed by atoms with Gasteiger partial charge in [0.05, 0.1) is 18.1 Å². The van der Waals surface area contributed by atoms with Crippen LogP contribution in [0.4, 0.5) is 0 Å². The Morgan fingerprint density at radius 2 is 1.64 bits per heavy atom. The van der Waals surface area contributed by atoms with Crippen LogP contribution in [0.25, 0.3) is 0 Å². The maximum atomic E-state index is 11.6. The molecule has 0 radical (unpaired) electrons. The van der Waals surface area contributed by atoms with Gasteiger partial charge < -0.3 is 30.9 Å². The van der Waals surface area contributed by atoms with Gasteiger partial charge in [0.15, 0.2) is 0 Å². The third-order valence-electron chi connectivity index (χ3n) is 2.61. The number of nitrogens with one attached hydrogen (secondary N) is 1. The zero-order valence-corrected chi connectivity index (χ0v) is 18.8. The summed E-state index contributed by atoms with van der Waals surface area (Å²) in [6, 6.07) is 5.98. The van der Waals surface area contributed by atoms with Crippen LogP contribution in [0.15, 0.2) is 30.3 Å². The van der Waals surface area contributed by atoms with Gasteiger partial charge in [0.2, 0.25) is 5.91 Å². The first-order chi connectivity index (χ1) is 9.40. The van der Waals surface area contributed by atoms with Gasteiger partial charge in [0.25, 0.3) is 0 Å². The number of carbonyl (C=O) groups excluding carboxylic acids is 3. The largest absolute Gasteiger partial charge is 1.00 e. The maximum Gasteiger partial charge on any atom is 1.00 e. The van der Waals surface area contributed by atoms with E-state index in [0.717, 1.165) is 0 Å². The first-order valence-electron chi connectivity index (χ1n) is 5.90. The molecule has 0 fully saturated rings. The zero-order valence-electron chi connectivity index (χ0n) is 12.6. The smallest absolute Gasteiger partial charge is 0.550 e. The van der Waals surface area contributed by atoms with Crippen molar-refractivity contribution in [3.63, 3.8) is 0 Å². The van der Waals surface area contributed by atoms with E-state index in [0.29, 0.717) is 5.56 Å². The standard InChI is InChI=1S/C13H16N2O5.2K/c14-9(7-11(16)17)12(18)15-10(13(19)20)6-8-4-2-1-3-5-8;;/h1-5,9-10H,6-7,14H2,(H,15,18)(H,16,17)(H,19,20);;/q;2*+1/p-2/t9-,10-;;/m0../s1. The van der Waals surface area contributed by atoms with E-state index in [4.69, 9.17) is 5.73 Å². The Labute approximate surface area is 213 Å². The first kappa shape index (κ1) is 25.1. The van der Waals surface area contributed by atoms with Gasteiger partial charge in [0, 0.05) is 12.4 Å². The topological polar surface area (TPSA) is 135 Å². The quantitative estimate of drug-likeness (QED) is 0.466. The number of carboxylic acids is 2. The van der Waals surface area contributed by atoms with E-state index in [1.54, 1.807) is 30.3 Å². The minimum atomic E-state index is -1.49. The van der Waals surface area contributed by atoms with Crippen molar-refractivity contribution in [3.05, 3.63) is 35.9 Å². The third-order valence-corrected chi connectivity index (χ3v) is 2.61. The summed E-state index contributed by atoms with van der Waals surface area (Å²) in [5.41, 5.74) is 6.00. The summed E-state index contributed by atoms with van der Waals surface area (Å²) in [4.78, 5) is 32.9. The number of hydrogen-bond acceptors (Lipinski definition) is 6. The minimum absolute atomic E-state index is 0. The molecule has 22 heavy (non-hydrogen) atoms. The number of amides is 1. The molecule has 0 bridgehead atoms. The van der Waals surface area contributed by atoms with Crippen molar-refractivity contribution in [1.29, 1.82) is 0 Å². The summed E-state index contributed by atoms with van der Waals surface area (Å²) in [5, 5.41) is 23.5. The number of aliphatic carboxylic acids is 2. The number of carboxylic acid groups (broad SMARTS) is 2. The molecule has 3 N–H and O–H groups in total. The van der Waals surface area contributed by atoms with Gasteiger partial charge in [-0.1, -0.05) is 30.3 Å². The molecular weight excluding hydrogens is 342 g/mol. The molecule has 0 saturated carbocycles. The SMILES string of the molecule is N[C@@H](CC(=O)[O-])C(=O)N[C@@H](Cc1ccccc1)C(=O)[O-].[K+].[K+]. The van der Waals surface area contributed by atoms with Gasteiger partial charge in [-0.3, -0.25) is 4.79 Å². The van der Waals surface area contributed by atoms with Crippen LogP contribution in [0.2, 0.25) is 0 Å². The molecule has 0 aliphatic heterocycles. The minimum Gasteiger partial charge on any atom is -0.550 e. The molecule has 0 heterocycles. The Morgan fingerprint density at radius 3 is 2.09 bits per heavy atom. The normalized spacial score (nSPS) is 12.0. The van der Waals surface area contributed by atoms with E-state index in [1.807, 2.05) is 0 Å². The van der Waals surface area contributed by atoms with E-state index in [-0.39, 0.29) is 109 Å². The van der Waals surface area contributed by atoms with Crippen molar-refractivity contribution in [2.75, 3.05) is 0 Å². The van der Waals surface area contributed by atoms with Crippen molar-refractivity contribution in [1.82, 2.24) is 5.32 Å². The number of carbonyl (C=O) groups is 3. The monoisotopic (exact) mass is 356 g/mol. The summed E-state index contributed by atoms with van der Waals surface area (Å²) in [6.45, 7) is 0. The molecule has 108 valence electrons. The van der Waals surface area contributed by atoms with Crippen LogP contribution in [0.3, 0.4) is 0 Å². The summed E-state index contributed by atoms with van der Waals surface area (Å²) < 4.78 is 0. The Bertz CT molecular complexity index is 498. The molecule has 7 nitrogen and oxygen atoms in total. The fraction of sp³-hybridized carbons (Fsp3) is 0.308. The number of nitrogens with two attached hydrogens (primary N) is 1. The van der Waals surface area contributed by atoms with E-state index < -0.39 is 36.4 Å². The predicted octanol–water partition coefficient (Wildman–Crippen LogP) is -9.06. The van der Waals surface area contributed by atoms with Crippen LogP contribution in [0.1, 0.15) is 12.0 Å². The molecule has 0 spiro atoms. The summed E-state index contributed by atoms with van der Waals surface area (Å²) in [6.07, 6.45) is -0.663. The van der Waals surface area contributed by atoms with Crippen molar-refractivity contribution >= 4 is 17.8 Å². The second kappa shape index (κ2) is 13.2. The molecule has 1 aromatic carbocycles. The molecule has 2 atom stereocenters. The first-order valence-corrected chi connectivity index (χ1v) is 5.90. The van der Waals surface area contributed by atoms with Crippen LogP contribution in [0.5, 0.6) is 0 Å². The average Bonchev–Trinajstić information content (AvgIpc) is 2.38. The zero-order chi connectivity index (χ0) is 15.1. The molecule has 0 saturated heterocycles. The van der Waals surface area contributed by atoms with Gasteiger partial charge in [-0.25, -0.2) is 0 Å². The van der Waals surface area contributed by atoms with E-state index in [9.17, 15) is 24.6 Å². The van der Waals surface area contributed by atoms with Gasteiger partial charge in [0.1, 0.15) is 0 Å². The van der Waals surface area contributed by atoms with E-state index in [2.05, 4.69) is 5.32 Å². The fourth-order valence-corrected chi connectivity index (χ4v) is 1.59. The van der Waals surface area contributed by atoms with Crippen molar-refractivity contribution < 1.29 is 127 Å². The molecule has 0 aromatic heterocycles. The predicted molar refractivity (Wildman–Crippen MR) is 64.7 cm³/mol. The van der Waals surface area contributed by atoms with Crippen molar-refractivity contribution in [3.8, 4) is 0 Å². The van der Waals surface area contributed by atoms with Crippen molar-refractivity contribution in [2.24, 2.45) is 5.73 Å². The second-order valence-corrected chi connectivity index (χ2v) is 4.25. The maximum absolute atomic E-state index is 11.6. The Kier molecular flexibility index (Phi) is 15.0. The molecule has 9 heteroatoms. The van der Waals surface area contributed by atoms with Gasteiger partial charge in [-0.15, -0.1) is 0 Å². The molecular formula is C13H14K2N2O5. The van der Waals surface area contributed by atoms with Crippen LogP contribution >= 0.6 is 0 Å². The summed E-state index contributed by atoms with van der Waals surface area (Å²) in [5.74, 6) is -3.83. The van der Waals surface area contributed by atoms with E-state index >= 15 is 0 Å². The van der Waals surface area contributed by atoms with Gasteiger partial charge in [-0.05, 0) is 12.0 Å². The molecule has 0 unspecified atom stereocenters. The Hall–Kier alpha value is 0.863. The van der Waals surface area contributed by atoms with Crippen LogP contribution in [-0.2, 0) is 20.8 Å². The number of benzene rings is 1. The summed E-state index contributed by atoms with van der Waals surface area (Å²) >= 11 is 0.